The van der Waals surface area contributed by atoms with Crippen molar-refractivity contribution in [2.45, 2.75) is 97.4 Å². The van der Waals surface area contributed by atoms with E-state index in [1.165, 1.54) is 0 Å². The number of benzene rings is 2. The SMILES string of the molecule is CCCCC(C#C[Si](C(C)C)(C(C)C)C(C)C)(Cc1ccc(Cl)cc1)C(=O)OCc1ccccc1. The standard InChI is InChI=1S/C31H43ClO2Si/c1-8-9-19-31(22-27-15-17-29(32)18-16-27,30(33)34-23-28-13-11-10-12-14-28)20-21-35(24(2)3,25(4)5)26(6)7/h10-18,24-26H,8-9,19,22-23H2,1-7H3. The summed E-state index contributed by atoms with van der Waals surface area (Å²) in [6.45, 7) is 16.3. The summed E-state index contributed by atoms with van der Waals surface area (Å²) in [5.74, 6) is 3.44. The van der Waals surface area contributed by atoms with Gasteiger partial charge in [-0.1, -0.05) is 121 Å². The van der Waals surface area contributed by atoms with Crippen molar-refractivity contribution < 1.29 is 9.53 Å². The lowest BCUT2D eigenvalue weighted by atomic mass is 9.78. The Hall–Kier alpha value is -2.02. The maximum atomic E-state index is 13.9. The zero-order chi connectivity index (χ0) is 26.1. The number of rotatable bonds is 11. The van der Waals surface area contributed by atoms with E-state index in [9.17, 15) is 4.79 Å². The average molecular weight is 511 g/mol. The fraction of sp³-hybridized carbons (Fsp3) is 0.516. The number of halogens is 1. The number of hydrogen-bond acceptors (Lipinski definition) is 2. The summed E-state index contributed by atoms with van der Waals surface area (Å²) in [5, 5.41) is 0.691. The molecule has 0 fully saturated rings. The minimum absolute atomic E-state index is 0.212. The Kier molecular flexibility index (Phi) is 11.1. The van der Waals surface area contributed by atoms with Crippen LogP contribution in [0.2, 0.25) is 21.6 Å². The Bertz CT molecular complexity index is 964. The van der Waals surface area contributed by atoms with Gasteiger partial charge in [0.1, 0.15) is 20.1 Å². The van der Waals surface area contributed by atoms with Crippen LogP contribution in [0.1, 0.15) is 78.9 Å². The number of unbranched alkanes of at least 4 members (excludes halogenated alkanes) is 1. The van der Waals surface area contributed by atoms with Gasteiger partial charge in [-0.25, -0.2) is 0 Å². The molecule has 1 unspecified atom stereocenters. The number of ether oxygens (including phenoxy) is 1. The van der Waals surface area contributed by atoms with Gasteiger partial charge in [-0.2, -0.15) is 0 Å². The largest absolute Gasteiger partial charge is 0.460 e. The summed E-state index contributed by atoms with van der Waals surface area (Å²) < 4.78 is 5.98. The number of esters is 1. The van der Waals surface area contributed by atoms with Crippen LogP contribution in [-0.2, 0) is 22.6 Å². The van der Waals surface area contributed by atoms with Crippen LogP contribution in [0.15, 0.2) is 54.6 Å². The van der Waals surface area contributed by atoms with Gasteiger partial charge >= 0.3 is 5.97 Å². The van der Waals surface area contributed by atoms with Crippen LogP contribution in [0, 0.1) is 16.9 Å². The molecule has 0 aliphatic rings. The molecule has 0 aromatic heterocycles. The van der Waals surface area contributed by atoms with Gasteiger partial charge in [0.05, 0.1) is 0 Å². The molecule has 0 aliphatic heterocycles. The van der Waals surface area contributed by atoms with Crippen LogP contribution in [0.25, 0.3) is 0 Å². The monoisotopic (exact) mass is 510 g/mol. The first kappa shape index (κ1) is 29.2. The molecular formula is C31H43ClO2Si. The van der Waals surface area contributed by atoms with Gasteiger partial charge in [-0.3, -0.25) is 4.79 Å². The Morgan fingerprint density at radius 2 is 1.49 bits per heavy atom. The normalized spacial score (nSPS) is 13.5. The molecule has 190 valence electrons. The van der Waals surface area contributed by atoms with Gasteiger partial charge in [0.2, 0.25) is 0 Å². The summed E-state index contributed by atoms with van der Waals surface area (Å²) in [7, 11) is -2.03. The van der Waals surface area contributed by atoms with Crippen molar-refractivity contribution in [2.24, 2.45) is 5.41 Å². The first-order valence-corrected chi connectivity index (χ1v) is 15.7. The summed E-state index contributed by atoms with van der Waals surface area (Å²) in [5.41, 5.74) is 6.50. The molecule has 0 saturated carbocycles. The Morgan fingerprint density at radius 3 is 2.00 bits per heavy atom. The van der Waals surface area contributed by atoms with Crippen LogP contribution >= 0.6 is 11.6 Å². The van der Waals surface area contributed by atoms with Crippen LogP contribution in [0.3, 0.4) is 0 Å². The van der Waals surface area contributed by atoms with Gasteiger partial charge in [0.25, 0.3) is 0 Å². The van der Waals surface area contributed by atoms with Crippen molar-refractivity contribution >= 4 is 25.6 Å². The zero-order valence-corrected chi connectivity index (χ0v) is 24.4. The fourth-order valence-electron chi connectivity index (χ4n) is 5.37. The van der Waals surface area contributed by atoms with Gasteiger partial charge in [0, 0.05) is 5.02 Å². The van der Waals surface area contributed by atoms with E-state index in [1.807, 2.05) is 54.6 Å². The molecule has 0 amide bonds. The van der Waals surface area contributed by atoms with Crippen molar-refractivity contribution in [3.05, 3.63) is 70.7 Å². The first-order chi connectivity index (χ1) is 16.6. The molecule has 0 N–H and O–H groups in total. The van der Waals surface area contributed by atoms with Gasteiger partial charge in [-0.05, 0) is 52.7 Å². The quantitative estimate of drug-likeness (QED) is 0.171. The minimum Gasteiger partial charge on any atom is -0.460 e. The van der Waals surface area contributed by atoms with Crippen molar-refractivity contribution in [3.8, 4) is 11.5 Å². The average Bonchev–Trinajstić information content (AvgIpc) is 2.82. The van der Waals surface area contributed by atoms with Crippen LogP contribution in [0.4, 0.5) is 0 Å². The highest BCUT2D eigenvalue weighted by Gasteiger charge is 2.44. The van der Waals surface area contributed by atoms with Gasteiger partial charge in [-0.15, -0.1) is 5.54 Å². The summed E-state index contributed by atoms with van der Waals surface area (Å²) >= 11 is 6.16. The van der Waals surface area contributed by atoms with E-state index in [4.69, 9.17) is 16.3 Å². The Balaban J connectivity index is 2.59. The molecular weight excluding hydrogens is 468 g/mol. The highest BCUT2D eigenvalue weighted by atomic mass is 35.5. The molecule has 4 heteroatoms. The molecule has 2 rings (SSSR count). The molecule has 0 spiro atoms. The van der Waals surface area contributed by atoms with Crippen LogP contribution in [0.5, 0.6) is 0 Å². The molecule has 0 radical (unpaired) electrons. The number of carbonyl (C=O) groups is 1. The maximum absolute atomic E-state index is 13.9. The molecule has 0 aliphatic carbocycles. The smallest absolute Gasteiger partial charge is 0.324 e. The van der Waals surface area contributed by atoms with E-state index in [2.05, 4.69) is 59.9 Å². The molecule has 2 aromatic carbocycles. The van der Waals surface area contributed by atoms with Crippen molar-refractivity contribution in [1.29, 1.82) is 0 Å². The van der Waals surface area contributed by atoms with Crippen LogP contribution < -0.4 is 0 Å². The second-order valence-electron chi connectivity index (χ2n) is 10.7. The summed E-state index contributed by atoms with van der Waals surface area (Å²) in [6.07, 6.45) is 3.13. The second-order valence-corrected chi connectivity index (χ2v) is 16.7. The highest BCUT2D eigenvalue weighted by Crippen LogP contribution is 2.42. The molecule has 0 bridgehead atoms. The van der Waals surface area contributed by atoms with E-state index in [0.29, 0.717) is 34.5 Å². The molecule has 35 heavy (non-hydrogen) atoms. The van der Waals surface area contributed by atoms with Crippen molar-refractivity contribution in [3.63, 3.8) is 0 Å². The van der Waals surface area contributed by atoms with E-state index >= 15 is 0 Å². The molecule has 1 atom stereocenters. The van der Waals surface area contributed by atoms with Crippen molar-refractivity contribution in [1.82, 2.24) is 0 Å². The zero-order valence-electron chi connectivity index (χ0n) is 22.7. The lowest BCUT2D eigenvalue weighted by Gasteiger charge is -2.38. The topological polar surface area (TPSA) is 26.3 Å². The predicted molar refractivity (Wildman–Crippen MR) is 152 cm³/mol. The summed E-state index contributed by atoms with van der Waals surface area (Å²) in [4.78, 5) is 13.9. The summed E-state index contributed by atoms with van der Waals surface area (Å²) in [6, 6.07) is 17.7. The Morgan fingerprint density at radius 1 is 0.914 bits per heavy atom. The Labute approximate surface area is 219 Å². The van der Waals surface area contributed by atoms with E-state index in [1.54, 1.807) is 0 Å². The lowest BCUT2D eigenvalue weighted by molar-refractivity contribution is -0.154. The van der Waals surface area contributed by atoms with E-state index in [0.717, 1.165) is 24.0 Å². The molecule has 2 aromatic rings. The molecule has 0 saturated heterocycles. The fourth-order valence-corrected chi connectivity index (χ4v) is 10.8. The maximum Gasteiger partial charge on any atom is 0.324 e. The van der Waals surface area contributed by atoms with E-state index in [-0.39, 0.29) is 12.6 Å². The first-order valence-electron chi connectivity index (χ1n) is 13.1. The van der Waals surface area contributed by atoms with Gasteiger partial charge < -0.3 is 4.74 Å². The third-order valence-corrected chi connectivity index (χ3v) is 13.9. The van der Waals surface area contributed by atoms with Gasteiger partial charge in [0.15, 0.2) is 0 Å². The minimum atomic E-state index is -2.03. The van der Waals surface area contributed by atoms with Crippen LogP contribution in [-0.4, -0.2) is 14.0 Å². The third-order valence-electron chi connectivity index (χ3n) is 7.36. The molecule has 0 heterocycles. The lowest BCUT2D eigenvalue weighted by Crippen LogP contribution is -2.44. The third kappa shape index (κ3) is 7.48. The molecule has 2 nitrogen and oxygen atoms in total. The second kappa shape index (κ2) is 13.3. The number of carbonyl (C=O) groups excluding carboxylic acids is 1. The van der Waals surface area contributed by atoms with Crippen molar-refractivity contribution in [2.75, 3.05) is 0 Å². The number of hydrogen-bond donors (Lipinski definition) is 0. The van der Waals surface area contributed by atoms with E-state index < -0.39 is 13.5 Å². The predicted octanol–water partition coefficient (Wildman–Crippen LogP) is 9.02. The highest BCUT2D eigenvalue weighted by molar-refractivity contribution is 6.90.